The fraction of sp³-hybridized carbons (Fsp3) is 0.538. The highest BCUT2D eigenvalue weighted by molar-refractivity contribution is 5.37. The minimum atomic E-state index is -0.807. The molecule has 2 N–H and O–H groups in total. The van der Waals surface area contributed by atoms with Crippen molar-refractivity contribution in [3.05, 3.63) is 35.1 Å². The fourth-order valence-corrected chi connectivity index (χ4v) is 2.35. The highest BCUT2D eigenvalue weighted by atomic mass is 19.1. The van der Waals surface area contributed by atoms with E-state index in [1.165, 1.54) is 12.1 Å². The van der Waals surface area contributed by atoms with Gasteiger partial charge in [0, 0.05) is 6.54 Å². The zero-order valence-electron chi connectivity index (χ0n) is 9.59. The van der Waals surface area contributed by atoms with E-state index in [-0.39, 0.29) is 5.82 Å². The van der Waals surface area contributed by atoms with Crippen LogP contribution in [0.5, 0.6) is 0 Å². The second kappa shape index (κ2) is 4.52. The molecule has 0 saturated carbocycles. The van der Waals surface area contributed by atoms with E-state index in [1.807, 2.05) is 0 Å². The van der Waals surface area contributed by atoms with E-state index in [1.54, 1.807) is 6.07 Å². The van der Waals surface area contributed by atoms with Crippen LogP contribution in [-0.2, 0) is 12.0 Å². The molecule has 1 aromatic carbocycles. The van der Waals surface area contributed by atoms with Gasteiger partial charge in [-0.05, 0) is 49.1 Å². The molecule has 0 aliphatic heterocycles. The third-order valence-corrected chi connectivity index (χ3v) is 3.22. The summed E-state index contributed by atoms with van der Waals surface area (Å²) < 4.78 is 13.0. The number of aryl methyl sites for hydroxylation is 1. The molecule has 0 fully saturated rings. The number of halogens is 1. The molecule has 1 aliphatic carbocycles. The predicted molar refractivity (Wildman–Crippen MR) is 61.8 cm³/mol. The zero-order valence-corrected chi connectivity index (χ0v) is 9.59. The molecule has 16 heavy (non-hydrogen) atoms. The summed E-state index contributed by atoms with van der Waals surface area (Å²) in [6, 6.07) is 4.67. The molecule has 0 heterocycles. The van der Waals surface area contributed by atoms with Gasteiger partial charge >= 0.3 is 0 Å². The number of hydrogen-bond donors (Lipinski definition) is 2. The van der Waals surface area contributed by atoms with Gasteiger partial charge in [-0.1, -0.05) is 13.0 Å². The van der Waals surface area contributed by atoms with Crippen molar-refractivity contribution in [1.82, 2.24) is 5.32 Å². The lowest BCUT2D eigenvalue weighted by Crippen LogP contribution is -2.36. The predicted octanol–water partition coefficient (Wildman–Crippen LogP) is 1.96. The van der Waals surface area contributed by atoms with Crippen LogP contribution in [0.2, 0.25) is 0 Å². The van der Waals surface area contributed by atoms with E-state index in [0.29, 0.717) is 13.0 Å². The van der Waals surface area contributed by atoms with Crippen LogP contribution >= 0.6 is 0 Å². The van der Waals surface area contributed by atoms with E-state index < -0.39 is 5.60 Å². The standard InChI is InChI=1S/C13H18FNO/c1-2-7-15-9-13(16)6-5-10-8-11(14)3-4-12(10)13/h3-4,8,15-16H,2,5-7,9H2,1H3. The van der Waals surface area contributed by atoms with Crippen molar-refractivity contribution in [2.24, 2.45) is 0 Å². The third-order valence-electron chi connectivity index (χ3n) is 3.22. The van der Waals surface area contributed by atoms with Gasteiger partial charge in [-0.25, -0.2) is 4.39 Å². The highest BCUT2D eigenvalue weighted by Crippen LogP contribution is 2.36. The van der Waals surface area contributed by atoms with Crippen LogP contribution in [0.1, 0.15) is 30.9 Å². The molecule has 88 valence electrons. The van der Waals surface area contributed by atoms with Crippen LogP contribution in [0.3, 0.4) is 0 Å². The van der Waals surface area contributed by atoms with Gasteiger partial charge in [0.15, 0.2) is 0 Å². The number of benzene rings is 1. The van der Waals surface area contributed by atoms with E-state index in [0.717, 1.165) is 30.5 Å². The van der Waals surface area contributed by atoms with Crippen LogP contribution in [-0.4, -0.2) is 18.2 Å². The number of aliphatic hydroxyl groups is 1. The van der Waals surface area contributed by atoms with Crippen molar-refractivity contribution in [3.8, 4) is 0 Å². The van der Waals surface area contributed by atoms with E-state index >= 15 is 0 Å². The van der Waals surface area contributed by atoms with Crippen LogP contribution < -0.4 is 5.32 Å². The van der Waals surface area contributed by atoms with E-state index in [2.05, 4.69) is 12.2 Å². The summed E-state index contributed by atoms with van der Waals surface area (Å²) in [5.41, 5.74) is 1.02. The van der Waals surface area contributed by atoms with Crippen molar-refractivity contribution < 1.29 is 9.50 Å². The number of nitrogens with one attached hydrogen (secondary N) is 1. The Kier molecular flexibility index (Phi) is 3.26. The molecule has 1 unspecified atom stereocenters. The van der Waals surface area contributed by atoms with Gasteiger partial charge in [0.05, 0.1) is 0 Å². The maximum Gasteiger partial charge on any atom is 0.123 e. The number of rotatable bonds is 4. The molecule has 3 heteroatoms. The monoisotopic (exact) mass is 223 g/mol. The van der Waals surface area contributed by atoms with E-state index in [4.69, 9.17) is 0 Å². The second-order valence-corrected chi connectivity index (χ2v) is 4.51. The van der Waals surface area contributed by atoms with E-state index in [9.17, 15) is 9.50 Å². The smallest absolute Gasteiger partial charge is 0.123 e. The second-order valence-electron chi connectivity index (χ2n) is 4.51. The first kappa shape index (κ1) is 11.6. The summed E-state index contributed by atoms with van der Waals surface area (Å²) in [5, 5.41) is 13.7. The van der Waals surface area contributed by atoms with Crippen molar-refractivity contribution in [2.45, 2.75) is 31.8 Å². The summed E-state index contributed by atoms with van der Waals surface area (Å²) in [6.45, 7) is 3.55. The molecule has 0 radical (unpaired) electrons. The Labute approximate surface area is 95.5 Å². The lowest BCUT2D eigenvalue weighted by atomic mass is 9.96. The average molecular weight is 223 g/mol. The first-order chi connectivity index (χ1) is 7.65. The molecule has 1 aliphatic rings. The summed E-state index contributed by atoms with van der Waals surface area (Å²) >= 11 is 0. The maximum absolute atomic E-state index is 13.0. The molecule has 0 bridgehead atoms. The molecule has 1 atom stereocenters. The Morgan fingerprint density at radius 3 is 3.06 bits per heavy atom. The van der Waals surface area contributed by atoms with Crippen LogP contribution in [0.25, 0.3) is 0 Å². The molecule has 0 spiro atoms. The lowest BCUT2D eigenvalue weighted by Gasteiger charge is -2.24. The van der Waals surface area contributed by atoms with Crippen molar-refractivity contribution in [1.29, 1.82) is 0 Å². The summed E-state index contributed by atoms with van der Waals surface area (Å²) in [7, 11) is 0. The maximum atomic E-state index is 13.0. The quantitative estimate of drug-likeness (QED) is 0.765. The Morgan fingerprint density at radius 2 is 2.31 bits per heavy atom. The van der Waals surface area contributed by atoms with Crippen molar-refractivity contribution >= 4 is 0 Å². The van der Waals surface area contributed by atoms with Crippen molar-refractivity contribution in [2.75, 3.05) is 13.1 Å². The van der Waals surface area contributed by atoms with Crippen LogP contribution in [0, 0.1) is 5.82 Å². The molecule has 1 aromatic rings. The Balaban J connectivity index is 2.15. The molecule has 0 saturated heterocycles. The minimum absolute atomic E-state index is 0.218. The normalized spacial score (nSPS) is 23.4. The Bertz CT molecular complexity index is 380. The minimum Gasteiger partial charge on any atom is -0.384 e. The van der Waals surface area contributed by atoms with Gasteiger partial charge in [0.1, 0.15) is 11.4 Å². The van der Waals surface area contributed by atoms with Gasteiger partial charge in [0.25, 0.3) is 0 Å². The fourth-order valence-electron chi connectivity index (χ4n) is 2.35. The van der Waals surface area contributed by atoms with Gasteiger partial charge in [0.2, 0.25) is 0 Å². The molecule has 0 amide bonds. The molecule has 2 nitrogen and oxygen atoms in total. The van der Waals surface area contributed by atoms with Gasteiger partial charge in [-0.15, -0.1) is 0 Å². The highest BCUT2D eigenvalue weighted by Gasteiger charge is 2.36. The largest absolute Gasteiger partial charge is 0.384 e. The lowest BCUT2D eigenvalue weighted by molar-refractivity contribution is 0.0390. The Hall–Kier alpha value is -0.930. The summed E-state index contributed by atoms with van der Waals surface area (Å²) in [5.74, 6) is -0.218. The van der Waals surface area contributed by atoms with Crippen molar-refractivity contribution in [3.63, 3.8) is 0 Å². The zero-order chi connectivity index (χ0) is 11.6. The van der Waals surface area contributed by atoms with Gasteiger partial charge in [-0.3, -0.25) is 0 Å². The molecular weight excluding hydrogens is 205 g/mol. The van der Waals surface area contributed by atoms with Gasteiger partial charge < -0.3 is 10.4 Å². The topological polar surface area (TPSA) is 32.3 Å². The average Bonchev–Trinajstić information content (AvgIpc) is 2.57. The SMILES string of the molecule is CCCNCC1(O)CCc2cc(F)ccc21. The Morgan fingerprint density at radius 1 is 1.50 bits per heavy atom. The number of fused-ring (bicyclic) bond motifs is 1. The first-order valence-electron chi connectivity index (χ1n) is 5.88. The van der Waals surface area contributed by atoms with Crippen LogP contribution in [0.15, 0.2) is 18.2 Å². The molecular formula is C13H18FNO. The van der Waals surface area contributed by atoms with Gasteiger partial charge in [-0.2, -0.15) is 0 Å². The third kappa shape index (κ3) is 2.11. The first-order valence-corrected chi connectivity index (χ1v) is 5.88. The summed E-state index contributed by atoms with van der Waals surface area (Å²) in [4.78, 5) is 0. The molecule has 0 aromatic heterocycles. The number of hydrogen-bond acceptors (Lipinski definition) is 2. The summed E-state index contributed by atoms with van der Waals surface area (Å²) in [6.07, 6.45) is 2.49. The molecule has 2 rings (SSSR count). The van der Waals surface area contributed by atoms with Crippen LogP contribution in [0.4, 0.5) is 4.39 Å².